The second-order valence-electron chi connectivity index (χ2n) is 8.15. The van der Waals surface area contributed by atoms with Gasteiger partial charge in [0.25, 0.3) is 5.91 Å². The van der Waals surface area contributed by atoms with E-state index in [1.165, 1.54) is 22.5 Å². The van der Waals surface area contributed by atoms with Crippen LogP contribution in [-0.2, 0) is 11.4 Å². The monoisotopic (exact) mass is 732 g/mol. The minimum atomic E-state index is -0.168. The maximum Gasteiger partial charge on any atom is 0.264 e. The minimum Gasteiger partial charge on any atom is -0.490 e. The van der Waals surface area contributed by atoms with Gasteiger partial charge in [0, 0.05) is 3.57 Å². The van der Waals surface area contributed by atoms with Crippen LogP contribution in [-0.4, -0.2) is 17.7 Å². The summed E-state index contributed by atoms with van der Waals surface area (Å²) in [5.74, 6) is 1.18. The molecule has 0 saturated carbocycles. The molecule has 4 aromatic carbocycles. The first-order chi connectivity index (χ1) is 18.0. The zero-order valence-corrected chi connectivity index (χ0v) is 25.0. The highest BCUT2D eigenvalue weighted by molar-refractivity contribution is 14.1. The normalized spacial score (nSPS) is 15.4. The van der Waals surface area contributed by atoms with E-state index < -0.39 is 0 Å². The van der Waals surface area contributed by atoms with Crippen molar-refractivity contribution in [2.75, 3.05) is 6.61 Å². The zero-order valence-electron chi connectivity index (χ0n) is 19.8. The number of carbonyl (C=O) groups excluding carboxylic acids is 1. The second-order valence-corrected chi connectivity index (χ2v) is 11.6. The lowest BCUT2D eigenvalue weighted by Gasteiger charge is -2.16. The third-order valence-electron chi connectivity index (χ3n) is 5.59. The Labute approximate surface area is 247 Å². The van der Waals surface area contributed by atoms with Gasteiger partial charge < -0.3 is 14.8 Å². The Hall–Kier alpha value is -2.57. The van der Waals surface area contributed by atoms with Gasteiger partial charge in [-0.05, 0) is 128 Å². The summed E-state index contributed by atoms with van der Waals surface area (Å²) in [5.41, 5.74) is 2.77. The largest absolute Gasteiger partial charge is 0.490 e. The van der Waals surface area contributed by atoms with Crippen molar-refractivity contribution in [3.05, 3.63) is 102 Å². The standard InChI is InChI=1S/C29H22I2N2O3S/c1-2-35-25-15-18(16-26-28(34)33-29(37-26)32-22-12-10-21(30)11-13-22)14-24(31)27(25)36-17-20-8-5-7-19-6-3-4-9-23(19)20/h3-16H,2,17H2,1H3,(H,32,33,34)/b26-16+. The van der Waals surface area contributed by atoms with Crippen LogP contribution >= 0.6 is 56.9 Å². The molecule has 0 aliphatic carbocycles. The molecule has 4 aromatic rings. The lowest BCUT2D eigenvalue weighted by Crippen LogP contribution is -2.19. The van der Waals surface area contributed by atoms with Crippen molar-refractivity contribution in [1.82, 2.24) is 5.32 Å². The molecule has 1 N–H and O–H groups in total. The molecule has 5 rings (SSSR count). The van der Waals surface area contributed by atoms with Gasteiger partial charge in [0.2, 0.25) is 0 Å². The van der Waals surface area contributed by atoms with Crippen LogP contribution in [0.3, 0.4) is 0 Å². The number of hydrogen-bond acceptors (Lipinski definition) is 5. The number of thioether (sulfide) groups is 1. The van der Waals surface area contributed by atoms with E-state index in [9.17, 15) is 4.79 Å². The molecule has 1 amide bonds. The summed E-state index contributed by atoms with van der Waals surface area (Å²) in [6.45, 7) is 2.87. The number of aliphatic imine (C=N–C) groups is 1. The molecule has 0 atom stereocenters. The Bertz CT molecular complexity index is 1530. The molecule has 0 spiro atoms. The van der Waals surface area contributed by atoms with Crippen molar-refractivity contribution >= 4 is 90.6 Å². The maximum absolute atomic E-state index is 12.6. The third kappa shape index (κ3) is 6.29. The number of ether oxygens (including phenoxy) is 2. The highest BCUT2D eigenvalue weighted by Crippen LogP contribution is 2.37. The first kappa shape index (κ1) is 26.1. The zero-order chi connectivity index (χ0) is 25.8. The van der Waals surface area contributed by atoms with Gasteiger partial charge in [-0.2, -0.15) is 0 Å². The first-order valence-electron chi connectivity index (χ1n) is 11.6. The minimum absolute atomic E-state index is 0.168. The Morgan fingerprint density at radius 3 is 2.57 bits per heavy atom. The quantitative estimate of drug-likeness (QED) is 0.155. The summed E-state index contributed by atoms with van der Waals surface area (Å²) < 4.78 is 14.3. The fourth-order valence-corrected chi connectivity index (χ4v) is 5.89. The van der Waals surface area contributed by atoms with Crippen molar-refractivity contribution in [3.8, 4) is 11.5 Å². The van der Waals surface area contributed by atoms with Crippen LogP contribution in [0.25, 0.3) is 16.8 Å². The Morgan fingerprint density at radius 2 is 1.76 bits per heavy atom. The average molecular weight is 732 g/mol. The van der Waals surface area contributed by atoms with E-state index in [1.807, 2.05) is 67.6 Å². The van der Waals surface area contributed by atoms with Crippen LogP contribution in [0.4, 0.5) is 5.69 Å². The van der Waals surface area contributed by atoms with E-state index in [0.29, 0.717) is 34.8 Å². The van der Waals surface area contributed by atoms with Gasteiger partial charge in [-0.15, -0.1) is 0 Å². The molecule has 0 bridgehead atoms. The fourth-order valence-electron chi connectivity index (χ4n) is 3.91. The number of fused-ring (bicyclic) bond motifs is 1. The highest BCUT2D eigenvalue weighted by Gasteiger charge is 2.24. The van der Waals surface area contributed by atoms with E-state index in [1.54, 1.807) is 0 Å². The van der Waals surface area contributed by atoms with E-state index >= 15 is 0 Å². The molecule has 8 heteroatoms. The first-order valence-corrected chi connectivity index (χ1v) is 14.6. The summed E-state index contributed by atoms with van der Waals surface area (Å²) in [5, 5.41) is 5.77. The molecule has 37 heavy (non-hydrogen) atoms. The molecule has 1 saturated heterocycles. The van der Waals surface area contributed by atoms with Crippen molar-refractivity contribution in [3.63, 3.8) is 0 Å². The van der Waals surface area contributed by atoms with E-state index in [4.69, 9.17) is 9.47 Å². The molecule has 186 valence electrons. The van der Waals surface area contributed by atoms with Gasteiger partial charge in [0.15, 0.2) is 16.7 Å². The average Bonchev–Trinajstić information content (AvgIpc) is 3.23. The van der Waals surface area contributed by atoms with Crippen LogP contribution in [0.15, 0.2) is 88.8 Å². The van der Waals surface area contributed by atoms with E-state index in [-0.39, 0.29) is 5.91 Å². The number of rotatable bonds is 7. The molecule has 0 aromatic heterocycles. The molecule has 0 unspecified atom stereocenters. The van der Waals surface area contributed by atoms with Crippen LogP contribution in [0, 0.1) is 7.14 Å². The molecule has 1 fully saturated rings. The summed E-state index contributed by atoms with van der Waals surface area (Å²) in [7, 11) is 0. The van der Waals surface area contributed by atoms with Gasteiger partial charge in [-0.25, -0.2) is 4.99 Å². The number of nitrogens with zero attached hydrogens (tertiary/aromatic N) is 1. The van der Waals surface area contributed by atoms with E-state index in [0.717, 1.165) is 24.0 Å². The van der Waals surface area contributed by atoms with Crippen molar-refractivity contribution < 1.29 is 14.3 Å². The third-order valence-corrected chi connectivity index (χ3v) is 8.02. The number of halogens is 2. The molecular formula is C29H22I2N2O3S. The van der Waals surface area contributed by atoms with Crippen molar-refractivity contribution in [2.45, 2.75) is 13.5 Å². The van der Waals surface area contributed by atoms with Gasteiger partial charge in [0.05, 0.1) is 20.8 Å². The van der Waals surface area contributed by atoms with E-state index in [2.05, 4.69) is 79.8 Å². The SMILES string of the molecule is CCOc1cc(/C=C2/SC(=Nc3ccc(I)cc3)NC2=O)cc(I)c1OCc1cccc2ccccc12. The molecular weight excluding hydrogens is 710 g/mol. The van der Waals surface area contributed by atoms with Crippen LogP contribution in [0.1, 0.15) is 18.1 Å². The molecule has 1 aliphatic heterocycles. The predicted molar refractivity (Wildman–Crippen MR) is 169 cm³/mol. The van der Waals surface area contributed by atoms with Crippen LogP contribution < -0.4 is 14.8 Å². The number of amides is 1. The Balaban J connectivity index is 1.38. The molecule has 0 radical (unpaired) electrons. The maximum atomic E-state index is 12.6. The lowest BCUT2D eigenvalue weighted by molar-refractivity contribution is -0.115. The number of nitrogens with one attached hydrogen (secondary N) is 1. The molecule has 5 nitrogen and oxygen atoms in total. The van der Waals surface area contributed by atoms with Gasteiger partial charge >= 0.3 is 0 Å². The fraction of sp³-hybridized carbons (Fsp3) is 0.103. The molecule has 1 heterocycles. The van der Waals surface area contributed by atoms with Gasteiger partial charge in [0.1, 0.15) is 6.61 Å². The summed E-state index contributed by atoms with van der Waals surface area (Å²) in [6, 6.07) is 26.3. The number of benzene rings is 4. The Morgan fingerprint density at radius 1 is 0.973 bits per heavy atom. The summed E-state index contributed by atoms with van der Waals surface area (Å²) in [6.07, 6.45) is 1.86. The summed E-state index contributed by atoms with van der Waals surface area (Å²) in [4.78, 5) is 17.8. The van der Waals surface area contributed by atoms with Crippen molar-refractivity contribution in [1.29, 1.82) is 0 Å². The predicted octanol–water partition coefficient (Wildman–Crippen LogP) is 7.92. The molecule has 1 aliphatic rings. The van der Waals surface area contributed by atoms with Crippen LogP contribution in [0.5, 0.6) is 11.5 Å². The number of carbonyl (C=O) groups is 1. The highest BCUT2D eigenvalue weighted by atomic mass is 127. The smallest absolute Gasteiger partial charge is 0.264 e. The topological polar surface area (TPSA) is 59.9 Å². The number of amidine groups is 1. The second kappa shape index (κ2) is 11.9. The van der Waals surface area contributed by atoms with Gasteiger partial charge in [-0.1, -0.05) is 42.5 Å². The Kier molecular flexibility index (Phi) is 8.36. The van der Waals surface area contributed by atoms with Gasteiger partial charge in [-0.3, -0.25) is 4.79 Å². The lowest BCUT2D eigenvalue weighted by atomic mass is 10.1. The van der Waals surface area contributed by atoms with Crippen LogP contribution in [0.2, 0.25) is 0 Å². The summed E-state index contributed by atoms with van der Waals surface area (Å²) >= 11 is 5.84. The number of hydrogen-bond donors (Lipinski definition) is 1. The van der Waals surface area contributed by atoms with Crippen molar-refractivity contribution in [2.24, 2.45) is 4.99 Å².